The zero-order valence-electron chi connectivity index (χ0n) is 11.4. The highest BCUT2D eigenvalue weighted by Crippen LogP contribution is 2.18. The first-order valence-electron chi connectivity index (χ1n) is 6.94. The van der Waals surface area contributed by atoms with E-state index >= 15 is 0 Å². The van der Waals surface area contributed by atoms with Gasteiger partial charge < -0.3 is 15.8 Å². The summed E-state index contributed by atoms with van der Waals surface area (Å²) in [6.45, 7) is 2.16. The molecule has 1 aromatic carbocycles. The van der Waals surface area contributed by atoms with Crippen LogP contribution in [0.4, 0.5) is 0 Å². The summed E-state index contributed by atoms with van der Waals surface area (Å²) >= 11 is 0. The molecule has 0 heterocycles. The summed E-state index contributed by atoms with van der Waals surface area (Å²) < 4.78 is 5.50. The van der Waals surface area contributed by atoms with E-state index in [0.717, 1.165) is 37.0 Å². The molecule has 1 aliphatic rings. The van der Waals surface area contributed by atoms with E-state index in [-0.39, 0.29) is 18.6 Å². The van der Waals surface area contributed by atoms with Gasteiger partial charge in [-0.05, 0) is 43.4 Å². The van der Waals surface area contributed by atoms with E-state index in [1.165, 1.54) is 0 Å². The maximum atomic E-state index is 11.5. The highest BCUT2D eigenvalue weighted by molar-refractivity contribution is 5.78. The Morgan fingerprint density at radius 1 is 1.53 bits per heavy atom. The summed E-state index contributed by atoms with van der Waals surface area (Å²) in [5.74, 6) is 0.685. The van der Waals surface area contributed by atoms with E-state index in [0.29, 0.717) is 6.04 Å². The molecule has 1 unspecified atom stereocenters. The smallest absolute Gasteiger partial charge is 0.258 e. The van der Waals surface area contributed by atoms with Crippen LogP contribution in [0.2, 0.25) is 0 Å². The lowest BCUT2D eigenvalue weighted by Crippen LogP contribution is -2.30. The molecule has 1 amide bonds. The summed E-state index contributed by atoms with van der Waals surface area (Å²) in [6, 6.07) is 8.35. The Morgan fingerprint density at radius 2 is 2.32 bits per heavy atom. The van der Waals surface area contributed by atoms with Crippen molar-refractivity contribution in [3.05, 3.63) is 29.8 Å². The third-order valence-electron chi connectivity index (χ3n) is 3.23. The highest BCUT2D eigenvalue weighted by Gasteiger charge is 2.23. The van der Waals surface area contributed by atoms with E-state index in [9.17, 15) is 4.79 Å². The molecule has 0 radical (unpaired) electrons. The quantitative estimate of drug-likeness (QED) is 0.785. The molecule has 0 spiro atoms. The molecule has 1 atom stereocenters. The van der Waals surface area contributed by atoms with Crippen LogP contribution in [0, 0.1) is 0 Å². The van der Waals surface area contributed by atoms with Gasteiger partial charge in [-0.15, -0.1) is 0 Å². The molecule has 1 fully saturated rings. The van der Waals surface area contributed by atoms with Crippen molar-refractivity contribution >= 4 is 5.91 Å². The number of benzene rings is 1. The molecule has 4 nitrogen and oxygen atoms in total. The summed E-state index contributed by atoms with van der Waals surface area (Å²) in [5, 5.41) is 2.90. The third kappa shape index (κ3) is 4.91. The Bertz CT molecular complexity index is 430. The maximum absolute atomic E-state index is 11.5. The molecule has 1 aromatic rings. The molecule has 0 bridgehead atoms. The Morgan fingerprint density at radius 3 is 3.00 bits per heavy atom. The van der Waals surface area contributed by atoms with Crippen molar-refractivity contribution < 1.29 is 9.53 Å². The van der Waals surface area contributed by atoms with Crippen molar-refractivity contribution in [2.24, 2.45) is 5.73 Å². The van der Waals surface area contributed by atoms with Gasteiger partial charge >= 0.3 is 0 Å². The topological polar surface area (TPSA) is 64.3 Å². The lowest BCUT2D eigenvalue weighted by atomic mass is 10.0. The summed E-state index contributed by atoms with van der Waals surface area (Å²) in [5.41, 5.74) is 7.08. The molecule has 104 valence electrons. The average molecular weight is 262 g/mol. The number of carbonyl (C=O) groups is 1. The number of carbonyl (C=O) groups excluding carboxylic acids is 1. The number of ether oxygens (including phenoxy) is 1. The predicted octanol–water partition coefficient (Wildman–Crippen LogP) is 1.62. The third-order valence-corrected chi connectivity index (χ3v) is 3.23. The van der Waals surface area contributed by atoms with Crippen LogP contribution in [0.5, 0.6) is 5.75 Å². The SMILES string of the molecule is CCC(N)Cc1cccc(OCC(=O)NC2CC2)c1. The molecule has 2 rings (SSSR count). The maximum Gasteiger partial charge on any atom is 0.258 e. The first kappa shape index (κ1) is 13.9. The van der Waals surface area contributed by atoms with Crippen LogP contribution >= 0.6 is 0 Å². The Balaban J connectivity index is 1.82. The van der Waals surface area contributed by atoms with Gasteiger partial charge in [-0.2, -0.15) is 0 Å². The lowest BCUT2D eigenvalue weighted by Gasteiger charge is -2.11. The summed E-state index contributed by atoms with van der Waals surface area (Å²) in [4.78, 5) is 11.5. The van der Waals surface area contributed by atoms with Gasteiger partial charge in [0.15, 0.2) is 6.61 Å². The van der Waals surface area contributed by atoms with E-state index in [2.05, 4.69) is 12.2 Å². The normalized spacial score (nSPS) is 15.9. The Labute approximate surface area is 114 Å². The fourth-order valence-electron chi connectivity index (χ4n) is 1.86. The van der Waals surface area contributed by atoms with Gasteiger partial charge in [0.1, 0.15) is 5.75 Å². The molecule has 19 heavy (non-hydrogen) atoms. The minimum absolute atomic E-state index is 0.0434. The van der Waals surface area contributed by atoms with Gasteiger partial charge in [0.25, 0.3) is 5.91 Å². The number of nitrogens with two attached hydrogens (primary N) is 1. The van der Waals surface area contributed by atoms with Gasteiger partial charge in [-0.25, -0.2) is 0 Å². The molecular formula is C15H22N2O2. The standard InChI is InChI=1S/C15H22N2O2/c1-2-12(16)8-11-4-3-5-14(9-11)19-10-15(18)17-13-6-7-13/h3-5,9,12-13H,2,6-8,10,16H2,1H3,(H,17,18). The second-order valence-electron chi connectivity index (χ2n) is 5.15. The Kier molecular flexibility index (Phi) is 4.80. The van der Waals surface area contributed by atoms with Crippen LogP contribution < -0.4 is 15.8 Å². The molecule has 0 aromatic heterocycles. The number of rotatable bonds is 7. The van der Waals surface area contributed by atoms with Crippen molar-refractivity contribution in [2.45, 2.75) is 44.7 Å². The Hall–Kier alpha value is -1.55. The number of hydrogen-bond acceptors (Lipinski definition) is 3. The number of hydrogen-bond donors (Lipinski definition) is 2. The minimum atomic E-state index is -0.0434. The van der Waals surface area contributed by atoms with Gasteiger partial charge in [-0.3, -0.25) is 4.79 Å². The van der Waals surface area contributed by atoms with E-state index in [1.54, 1.807) is 0 Å². The molecular weight excluding hydrogens is 240 g/mol. The van der Waals surface area contributed by atoms with E-state index in [1.807, 2.05) is 24.3 Å². The van der Waals surface area contributed by atoms with Crippen LogP contribution in [0.15, 0.2) is 24.3 Å². The van der Waals surface area contributed by atoms with Gasteiger partial charge in [-0.1, -0.05) is 19.1 Å². The first-order valence-corrected chi connectivity index (χ1v) is 6.94. The van der Waals surface area contributed by atoms with Gasteiger partial charge in [0.2, 0.25) is 0 Å². The minimum Gasteiger partial charge on any atom is -0.484 e. The second kappa shape index (κ2) is 6.57. The zero-order chi connectivity index (χ0) is 13.7. The second-order valence-corrected chi connectivity index (χ2v) is 5.15. The average Bonchev–Trinajstić information content (AvgIpc) is 3.20. The zero-order valence-corrected chi connectivity index (χ0v) is 11.4. The molecule has 1 aliphatic carbocycles. The van der Waals surface area contributed by atoms with Crippen molar-refractivity contribution in [3.8, 4) is 5.75 Å². The summed E-state index contributed by atoms with van der Waals surface area (Å²) in [7, 11) is 0. The van der Waals surface area contributed by atoms with Crippen molar-refractivity contribution in [2.75, 3.05) is 6.61 Å². The van der Waals surface area contributed by atoms with Crippen LogP contribution in [0.25, 0.3) is 0 Å². The molecule has 3 N–H and O–H groups in total. The van der Waals surface area contributed by atoms with Crippen LogP contribution in [0.1, 0.15) is 31.7 Å². The van der Waals surface area contributed by atoms with Gasteiger partial charge in [0.05, 0.1) is 0 Å². The van der Waals surface area contributed by atoms with Crippen LogP contribution in [0.3, 0.4) is 0 Å². The van der Waals surface area contributed by atoms with Crippen LogP contribution in [-0.4, -0.2) is 24.6 Å². The lowest BCUT2D eigenvalue weighted by molar-refractivity contribution is -0.123. The van der Waals surface area contributed by atoms with Crippen molar-refractivity contribution in [1.82, 2.24) is 5.32 Å². The fraction of sp³-hybridized carbons (Fsp3) is 0.533. The summed E-state index contributed by atoms with van der Waals surface area (Å²) in [6.07, 6.45) is 3.98. The van der Waals surface area contributed by atoms with Crippen molar-refractivity contribution in [3.63, 3.8) is 0 Å². The van der Waals surface area contributed by atoms with Crippen molar-refractivity contribution in [1.29, 1.82) is 0 Å². The molecule has 4 heteroatoms. The number of nitrogens with one attached hydrogen (secondary N) is 1. The van der Waals surface area contributed by atoms with Gasteiger partial charge in [0, 0.05) is 12.1 Å². The molecule has 1 saturated carbocycles. The molecule has 0 aliphatic heterocycles. The largest absolute Gasteiger partial charge is 0.484 e. The number of amides is 1. The van der Waals surface area contributed by atoms with E-state index in [4.69, 9.17) is 10.5 Å². The monoisotopic (exact) mass is 262 g/mol. The molecule has 0 saturated heterocycles. The van der Waals surface area contributed by atoms with E-state index < -0.39 is 0 Å². The van der Waals surface area contributed by atoms with Crippen LogP contribution in [-0.2, 0) is 11.2 Å². The fourth-order valence-corrected chi connectivity index (χ4v) is 1.86. The first-order chi connectivity index (χ1) is 9.17. The predicted molar refractivity (Wildman–Crippen MR) is 75.1 cm³/mol. The highest BCUT2D eigenvalue weighted by atomic mass is 16.5.